The van der Waals surface area contributed by atoms with Crippen molar-refractivity contribution in [2.45, 2.75) is 18.9 Å². The zero-order chi connectivity index (χ0) is 12.7. The van der Waals surface area contributed by atoms with Crippen molar-refractivity contribution in [1.29, 1.82) is 0 Å². The SMILES string of the molecule is O=C(O)C1CN2CCCC2[C@H]1C(=O)c1ccoc1. The Hall–Kier alpha value is -1.62. The van der Waals surface area contributed by atoms with E-state index in [1.54, 1.807) is 6.07 Å². The summed E-state index contributed by atoms with van der Waals surface area (Å²) in [7, 11) is 0. The largest absolute Gasteiger partial charge is 0.481 e. The van der Waals surface area contributed by atoms with Crippen LogP contribution in [0, 0.1) is 11.8 Å². The third kappa shape index (κ3) is 1.66. The third-order valence-corrected chi connectivity index (χ3v) is 4.12. The number of ketones is 1. The zero-order valence-electron chi connectivity index (χ0n) is 9.91. The molecule has 18 heavy (non-hydrogen) atoms. The Morgan fingerprint density at radius 2 is 2.28 bits per heavy atom. The van der Waals surface area contributed by atoms with Crippen molar-refractivity contribution in [3.05, 3.63) is 24.2 Å². The van der Waals surface area contributed by atoms with Crippen molar-refractivity contribution < 1.29 is 19.1 Å². The van der Waals surface area contributed by atoms with E-state index in [-0.39, 0.29) is 11.8 Å². The van der Waals surface area contributed by atoms with Crippen molar-refractivity contribution >= 4 is 11.8 Å². The molecule has 0 aromatic carbocycles. The van der Waals surface area contributed by atoms with Crippen LogP contribution < -0.4 is 0 Å². The van der Waals surface area contributed by atoms with E-state index in [2.05, 4.69) is 4.90 Å². The number of Topliss-reactive ketones (excluding diaryl/α,β-unsaturated/α-hetero) is 1. The highest BCUT2D eigenvalue weighted by molar-refractivity contribution is 6.00. The van der Waals surface area contributed by atoms with E-state index in [9.17, 15) is 14.7 Å². The molecular weight excluding hydrogens is 234 g/mol. The molecule has 96 valence electrons. The summed E-state index contributed by atoms with van der Waals surface area (Å²) in [5.74, 6) is -1.97. The molecule has 2 saturated heterocycles. The van der Waals surface area contributed by atoms with Gasteiger partial charge in [-0.2, -0.15) is 0 Å². The predicted octanol–water partition coefficient (Wildman–Crippen LogP) is 1.26. The maximum Gasteiger partial charge on any atom is 0.308 e. The number of hydrogen-bond donors (Lipinski definition) is 1. The lowest BCUT2D eigenvalue weighted by Gasteiger charge is -2.19. The van der Waals surface area contributed by atoms with E-state index in [4.69, 9.17) is 4.42 Å². The number of furan rings is 1. The summed E-state index contributed by atoms with van der Waals surface area (Å²) in [6.45, 7) is 1.40. The van der Waals surface area contributed by atoms with Crippen LogP contribution in [0.25, 0.3) is 0 Å². The molecule has 1 N–H and O–H groups in total. The lowest BCUT2D eigenvalue weighted by Crippen LogP contribution is -2.33. The van der Waals surface area contributed by atoms with Gasteiger partial charge in [0.15, 0.2) is 5.78 Å². The van der Waals surface area contributed by atoms with Crippen LogP contribution >= 0.6 is 0 Å². The van der Waals surface area contributed by atoms with Crippen molar-refractivity contribution in [1.82, 2.24) is 4.90 Å². The van der Waals surface area contributed by atoms with Gasteiger partial charge in [0.2, 0.25) is 0 Å². The van der Waals surface area contributed by atoms with Crippen molar-refractivity contribution in [3.63, 3.8) is 0 Å². The monoisotopic (exact) mass is 249 g/mol. The quantitative estimate of drug-likeness (QED) is 0.816. The van der Waals surface area contributed by atoms with Gasteiger partial charge in [-0.05, 0) is 25.5 Å². The topological polar surface area (TPSA) is 70.8 Å². The molecule has 0 bridgehead atoms. The first-order chi connectivity index (χ1) is 8.68. The molecule has 1 aromatic heterocycles. The van der Waals surface area contributed by atoms with Gasteiger partial charge < -0.3 is 9.52 Å². The van der Waals surface area contributed by atoms with E-state index in [1.165, 1.54) is 12.5 Å². The van der Waals surface area contributed by atoms with Gasteiger partial charge in [0.1, 0.15) is 6.26 Å². The lowest BCUT2D eigenvalue weighted by atomic mass is 9.83. The van der Waals surface area contributed by atoms with Gasteiger partial charge in [-0.25, -0.2) is 0 Å². The summed E-state index contributed by atoms with van der Waals surface area (Å²) < 4.78 is 4.92. The fourth-order valence-corrected chi connectivity index (χ4v) is 3.31. The standard InChI is InChI=1S/C13H15NO4/c15-12(8-3-5-18-7-8)11-9(13(16)17)6-14-4-1-2-10(11)14/h3,5,7,9-11H,1-2,4,6H2,(H,16,17)/t9?,10?,11-/m0/s1. The Labute approximate surface area is 104 Å². The summed E-state index contributed by atoms with van der Waals surface area (Å²) >= 11 is 0. The molecule has 0 spiro atoms. The van der Waals surface area contributed by atoms with Gasteiger partial charge in [-0.1, -0.05) is 0 Å². The number of carbonyl (C=O) groups is 2. The molecule has 2 unspecified atom stereocenters. The maximum atomic E-state index is 12.4. The number of nitrogens with zero attached hydrogens (tertiary/aromatic N) is 1. The van der Waals surface area contributed by atoms with Gasteiger partial charge in [0.25, 0.3) is 0 Å². The Morgan fingerprint density at radius 3 is 2.94 bits per heavy atom. The number of carboxylic acids is 1. The van der Waals surface area contributed by atoms with Crippen LogP contribution in [0.2, 0.25) is 0 Å². The Morgan fingerprint density at radius 1 is 1.44 bits per heavy atom. The van der Waals surface area contributed by atoms with Crippen LogP contribution in [0.1, 0.15) is 23.2 Å². The highest BCUT2D eigenvalue weighted by Gasteiger charge is 2.50. The minimum Gasteiger partial charge on any atom is -0.481 e. The summed E-state index contributed by atoms with van der Waals surface area (Å²) in [4.78, 5) is 25.9. The lowest BCUT2D eigenvalue weighted by molar-refractivity contribution is -0.142. The minimum atomic E-state index is -0.869. The van der Waals surface area contributed by atoms with Gasteiger partial charge >= 0.3 is 5.97 Å². The molecule has 3 rings (SSSR count). The highest BCUT2D eigenvalue weighted by atomic mass is 16.4. The van der Waals surface area contributed by atoms with Crippen LogP contribution in [0.4, 0.5) is 0 Å². The molecule has 0 radical (unpaired) electrons. The zero-order valence-corrected chi connectivity index (χ0v) is 9.91. The number of rotatable bonds is 3. The van der Waals surface area contributed by atoms with Crippen molar-refractivity contribution in [3.8, 4) is 0 Å². The first-order valence-electron chi connectivity index (χ1n) is 6.22. The number of carboxylic acid groups (broad SMARTS) is 1. The molecule has 3 atom stereocenters. The Balaban J connectivity index is 1.91. The molecule has 3 heterocycles. The van der Waals surface area contributed by atoms with Gasteiger partial charge in [0, 0.05) is 12.6 Å². The van der Waals surface area contributed by atoms with Crippen LogP contribution in [0.15, 0.2) is 23.0 Å². The van der Waals surface area contributed by atoms with Crippen LogP contribution in [0.5, 0.6) is 0 Å². The van der Waals surface area contributed by atoms with E-state index >= 15 is 0 Å². The second-order valence-electron chi connectivity index (χ2n) is 5.05. The molecule has 0 aliphatic carbocycles. The van der Waals surface area contributed by atoms with E-state index in [0.717, 1.165) is 19.4 Å². The van der Waals surface area contributed by atoms with Crippen molar-refractivity contribution in [2.75, 3.05) is 13.1 Å². The Bertz CT molecular complexity index is 467. The number of fused-ring (bicyclic) bond motifs is 1. The van der Waals surface area contributed by atoms with Gasteiger partial charge in [-0.15, -0.1) is 0 Å². The molecule has 5 heteroatoms. The average molecular weight is 249 g/mol. The number of hydrogen-bond acceptors (Lipinski definition) is 4. The second-order valence-corrected chi connectivity index (χ2v) is 5.05. The van der Waals surface area contributed by atoms with E-state index < -0.39 is 17.8 Å². The molecule has 2 fully saturated rings. The molecule has 5 nitrogen and oxygen atoms in total. The van der Waals surface area contributed by atoms with Gasteiger partial charge in [-0.3, -0.25) is 14.5 Å². The maximum absolute atomic E-state index is 12.4. The average Bonchev–Trinajstić information content (AvgIpc) is 3.04. The summed E-state index contributed by atoms with van der Waals surface area (Å²) in [5.41, 5.74) is 0.486. The Kier molecular flexibility index (Phi) is 2.70. The summed E-state index contributed by atoms with van der Waals surface area (Å²) in [6.07, 6.45) is 4.81. The molecule has 0 amide bonds. The van der Waals surface area contributed by atoms with Crippen LogP contribution in [-0.4, -0.2) is 40.9 Å². The van der Waals surface area contributed by atoms with Crippen LogP contribution in [-0.2, 0) is 4.79 Å². The smallest absolute Gasteiger partial charge is 0.308 e. The van der Waals surface area contributed by atoms with Crippen molar-refractivity contribution in [2.24, 2.45) is 11.8 Å². The fourth-order valence-electron chi connectivity index (χ4n) is 3.31. The van der Waals surface area contributed by atoms with E-state index in [1.807, 2.05) is 0 Å². The number of carbonyl (C=O) groups excluding carboxylic acids is 1. The molecule has 2 aliphatic rings. The first-order valence-corrected chi connectivity index (χ1v) is 6.22. The fraction of sp³-hybridized carbons (Fsp3) is 0.538. The third-order valence-electron chi connectivity index (χ3n) is 4.12. The summed E-state index contributed by atoms with van der Waals surface area (Å²) in [5, 5.41) is 9.28. The number of aliphatic carboxylic acids is 1. The van der Waals surface area contributed by atoms with Crippen LogP contribution in [0.3, 0.4) is 0 Å². The highest BCUT2D eigenvalue weighted by Crippen LogP contribution is 2.38. The normalized spacial score (nSPS) is 31.4. The van der Waals surface area contributed by atoms with Gasteiger partial charge in [0.05, 0.1) is 23.7 Å². The molecular formula is C13H15NO4. The second kappa shape index (κ2) is 4.24. The molecule has 0 saturated carbocycles. The molecule has 2 aliphatic heterocycles. The minimum absolute atomic E-state index is 0.0912. The summed E-state index contributed by atoms with van der Waals surface area (Å²) in [6, 6.07) is 1.70. The van der Waals surface area contributed by atoms with E-state index in [0.29, 0.717) is 12.1 Å². The first kappa shape index (κ1) is 11.5. The predicted molar refractivity (Wildman–Crippen MR) is 62.2 cm³/mol. The molecule has 1 aromatic rings.